The van der Waals surface area contributed by atoms with Gasteiger partial charge in [-0.3, -0.25) is 4.79 Å². The quantitative estimate of drug-likeness (QED) is 0.887. The Morgan fingerprint density at radius 1 is 1.38 bits per heavy atom. The Labute approximate surface area is 123 Å². The predicted molar refractivity (Wildman–Crippen MR) is 78.3 cm³/mol. The van der Waals surface area contributed by atoms with Crippen molar-refractivity contribution in [2.45, 2.75) is 19.4 Å². The van der Waals surface area contributed by atoms with Gasteiger partial charge in [0, 0.05) is 12.7 Å². The van der Waals surface area contributed by atoms with Crippen molar-refractivity contribution in [3.8, 4) is 0 Å². The predicted octanol–water partition coefficient (Wildman–Crippen LogP) is 1.81. The molecular weight excluding hydrogens is 272 g/mol. The number of carbonyl (C=O) groups excluding carboxylic acids is 1. The van der Waals surface area contributed by atoms with Gasteiger partial charge in [-0.2, -0.15) is 0 Å². The second-order valence-electron chi connectivity index (χ2n) is 5.10. The summed E-state index contributed by atoms with van der Waals surface area (Å²) in [6.07, 6.45) is 0.810. The molecule has 0 aromatic heterocycles. The number of anilines is 1. The summed E-state index contributed by atoms with van der Waals surface area (Å²) in [7, 11) is 1.60. The number of amides is 2. The highest BCUT2D eigenvalue weighted by atomic mass is 16.5. The Morgan fingerprint density at radius 2 is 2.10 bits per heavy atom. The number of rotatable bonds is 4. The van der Waals surface area contributed by atoms with Gasteiger partial charge < -0.3 is 20.1 Å². The van der Waals surface area contributed by atoms with Gasteiger partial charge in [0.1, 0.15) is 5.92 Å². The summed E-state index contributed by atoms with van der Waals surface area (Å²) in [5.74, 6) is -1.62. The lowest BCUT2D eigenvalue weighted by Crippen LogP contribution is -2.46. The minimum Gasteiger partial charge on any atom is -0.481 e. The summed E-state index contributed by atoms with van der Waals surface area (Å²) < 4.78 is 5.19. The Bertz CT molecular complexity index is 532. The highest BCUT2D eigenvalue weighted by molar-refractivity contribution is 5.90. The molecule has 1 aromatic carbocycles. The first-order valence-corrected chi connectivity index (χ1v) is 6.96. The molecule has 2 atom stereocenters. The van der Waals surface area contributed by atoms with Crippen LogP contribution >= 0.6 is 0 Å². The van der Waals surface area contributed by atoms with Crippen LogP contribution in [0.25, 0.3) is 0 Å². The van der Waals surface area contributed by atoms with Crippen molar-refractivity contribution in [1.82, 2.24) is 4.90 Å². The molecule has 1 aliphatic heterocycles. The number of nitrogens with zero attached hydrogens (tertiary/aromatic N) is 1. The van der Waals surface area contributed by atoms with Gasteiger partial charge in [-0.1, -0.05) is 25.1 Å². The molecule has 1 fully saturated rings. The molecule has 0 spiro atoms. The molecule has 1 saturated heterocycles. The summed E-state index contributed by atoms with van der Waals surface area (Å²) in [6, 6.07) is 6.80. The Kier molecular flexibility index (Phi) is 4.80. The number of likely N-dealkylation sites (N-methyl/N-ethyl adjacent to an activating group) is 1. The average molecular weight is 292 g/mol. The summed E-state index contributed by atoms with van der Waals surface area (Å²) in [4.78, 5) is 24.9. The number of para-hydroxylation sites is 1. The van der Waals surface area contributed by atoms with Gasteiger partial charge >= 0.3 is 12.0 Å². The zero-order valence-electron chi connectivity index (χ0n) is 12.2. The van der Waals surface area contributed by atoms with E-state index in [4.69, 9.17) is 9.84 Å². The van der Waals surface area contributed by atoms with Crippen LogP contribution in [-0.2, 0) is 16.0 Å². The van der Waals surface area contributed by atoms with Crippen LogP contribution in [0.4, 0.5) is 10.5 Å². The molecule has 0 bridgehead atoms. The van der Waals surface area contributed by atoms with E-state index in [1.54, 1.807) is 7.05 Å². The summed E-state index contributed by atoms with van der Waals surface area (Å²) in [5.41, 5.74) is 1.79. The third-order valence-corrected chi connectivity index (χ3v) is 3.83. The van der Waals surface area contributed by atoms with Crippen molar-refractivity contribution in [2.75, 3.05) is 25.6 Å². The van der Waals surface area contributed by atoms with Crippen LogP contribution in [0.5, 0.6) is 0 Å². The number of hydrogen-bond acceptors (Lipinski definition) is 3. The summed E-state index contributed by atoms with van der Waals surface area (Å²) in [6.45, 7) is 2.40. The van der Waals surface area contributed by atoms with Gasteiger partial charge in [-0.15, -0.1) is 0 Å². The normalized spacial score (nSPS) is 21.0. The highest BCUT2D eigenvalue weighted by Gasteiger charge is 2.38. The van der Waals surface area contributed by atoms with Gasteiger partial charge in [0.15, 0.2) is 0 Å². The molecular formula is C15H20N2O4. The lowest BCUT2D eigenvalue weighted by Gasteiger charge is -2.26. The number of aliphatic carboxylic acids is 1. The number of hydrogen-bond donors (Lipinski definition) is 2. The smallest absolute Gasteiger partial charge is 0.321 e. The van der Waals surface area contributed by atoms with Crippen molar-refractivity contribution >= 4 is 17.7 Å². The van der Waals surface area contributed by atoms with E-state index in [2.05, 4.69) is 5.32 Å². The second-order valence-corrected chi connectivity index (χ2v) is 5.10. The largest absolute Gasteiger partial charge is 0.481 e. The van der Waals surface area contributed by atoms with Gasteiger partial charge in [0.25, 0.3) is 0 Å². The van der Waals surface area contributed by atoms with Crippen LogP contribution in [0.3, 0.4) is 0 Å². The van der Waals surface area contributed by atoms with E-state index in [1.807, 2.05) is 31.2 Å². The highest BCUT2D eigenvalue weighted by Crippen LogP contribution is 2.21. The monoisotopic (exact) mass is 292 g/mol. The molecule has 6 nitrogen and oxygen atoms in total. The van der Waals surface area contributed by atoms with E-state index < -0.39 is 17.9 Å². The number of carbonyl (C=O) groups is 2. The van der Waals surface area contributed by atoms with Crippen LogP contribution in [-0.4, -0.2) is 48.3 Å². The van der Waals surface area contributed by atoms with Crippen LogP contribution in [0, 0.1) is 5.92 Å². The SMILES string of the molecule is CCc1ccccc1NC(=O)N(C)C1COCC1C(=O)O. The lowest BCUT2D eigenvalue weighted by molar-refractivity contribution is -0.142. The molecule has 2 unspecified atom stereocenters. The molecule has 0 radical (unpaired) electrons. The maximum absolute atomic E-state index is 12.3. The van der Waals surface area contributed by atoms with Crippen molar-refractivity contribution in [2.24, 2.45) is 5.92 Å². The number of benzene rings is 1. The molecule has 0 saturated carbocycles. The van der Waals surface area contributed by atoms with Gasteiger partial charge in [0.05, 0.1) is 19.3 Å². The molecule has 1 aliphatic rings. The number of carboxylic acid groups (broad SMARTS) is 1. The summed E-state index contributed by atoms with van der Waals surface area (Å²) >= 11 is 0. The molecule has 2 rings (SSSR count). The average Bonchev–Trinajstić information content (AvgIpc) is 2.96. The lowest BCUT2D eigenvalue weighted by atomic mass is 10.0. The topological polar surface area (TPSA) is 78.9 Å². The molecule has 2 amide bonds. The Morgan fingerprint density at radius 3 is 2.76 bits per heavy atom. The third-order valence-electron chi connectivity index (χ3n) is 3.83. The Balaban J connectivity index is 2.07. The molecule has 114 valence electrons. The first kappa shape index (κ1) is 15.3. The standard InChI is InChI=1S/C15H20N2O4/c1-3-10-6-4-5-7-12(10)16-15(20)17(2)13-9-21-8-11(13)14(18)19/h4-7,11,13H,3,8-9H2,1-2H3,(H,16,20)(H,18,19). The third kappa shape index (κ3) is 3.33. The van der Waals surface area contributed by atoms with Crippen LogP contribution in [0.1, 0.15) is 12.5 Å². The van der Waals surface area contributed by atoms with Gasteiger partial charge in [-0.05, 0) is 18.1 Å². The van der Waals surface area contributed by atoms with Crippen molar-refractivity contribution in [3.05, 3.63) is 29.8 Å². The number of aryl methyl sites for hydroxylation is 1. The van der Waals surface area contributed by atoms with Gasteiger partial charge in [-0.25, -0.2) is 4.79 Å². The van der Waals surface area contributed by atoms with E-state index in [0.717, 1.165) is 17.7 Å². The summed E-state index contributed by atoms with van der Waals surface area (Å²) in [5, 5.41) is 12.0. The van der Waals surface area contributed by atoms with Crippen molar-refractivity contribution in [3.63, 3.8) is 0 Å². The van der Waals surface area contributed by atoms with Crippen LogP contribution < -0.4 is 5.32 Å². The van der Waals surface area contributed by atoms with E-state index in [1.165, 1.54) is 4.90 Å². The number of ether oxygens (including phenoxy) is 1. The fourth-order valence-corrected chi connectivity index (χ4v) is 2.47. The van der Waals surface area contributed by atoms with Crippen LogP contribution in [0.2, 0.25) is 0 Å². The molecule has 1 heterocycles. The first-order chi connectivity index (χ1) is 10.0. The molecule has 0 aliphatic carbocycles. The maximum Gasteiger partial charge on any atom is 0.321 e. The zero-order chi connectivity index (χ0) is 15.4. The van der Waals surface area contributed by atoms with Crippen molar-refractivity contribution < 1.29 is 19.4 Å². The minimum atomic E-state index is -0.939. The van der Waals surface area contributed by atoms with Crippen molar-refractivity contribution in [1.29, 1.82) is 0 Å². The number of urea groups is 1. The number of carboxylic acids is 1. The molecule has 2 N–H and O–H groups in total. The fraction of sp³-hybridized carbons (Fsp3) is 0.467. The van der Waals surface area contributed by atoms with Crippen LogP contribution in [0.15, 0.2) is 24.3 Å². The Hall–Kier alpha value is -2.08. The fourth-order valence-electron chi connectivity index (χ4n) is 2.47. The van der Waals surface area contributed by atoms with E-state index in [-0.39, 0.29) is 19.2 Å². The minimum absolute atomic E-state index is 0.142. The molecule has 1 aromatic rings. The number of nitrogens with one attached hydrogen (secondary N) is 1. The van der Waals surface area contributed by atoms with E-state index >= 15 is 0 Å². The zero-order valence-corrected chi connectivity index (χ0v) is 12.2. The van der Waals surface area contributed by atoms with E-state index in [0.29, 0.717) is 0 Å². The van der Waals surface area contributed by atoms with Gasteiger partial charge in [0.2, 0.25) is 0 Å². The first-order valence-electron chi connectivity index (χ1n) is 6.96. The second kappa shape index (κ2) is 6.58. The molecule has 6 heteroatoms. The maximum atomic E-state index is 12.3. The van der Waals surface area contributed by atoms with E-state index in [9.17, 15) is 9.59 Å². The molecule has 21 heavy (non-hydrogen) atoms.